The molecule has 0 aliphatic rings. The van der Waals surface area contributed by atoms with Crippen LogP contribution in [0.4, 0.5) is 16.2 Å². The number of nitrogens with one attached hydrogen (secondary N) is 2. The monoisotopic (exact) mass is 301 g/mol. The van der Waals surface area contributed by atoms with Gasteiger partial charge in [-0.2, -0.15) is 0 Å². The Hall–Kier alpha value is -2.93. The van der Waals surface area contributed by atoms with Gasteiger partial charge in [-0.3, -0.25) is 15.0 Å². The van der Waals surface area contributed by atoms with Crippen LogP contribution in [0.15, 0.2) is 54.6 Å². The smallest absolute Gasteiger partial charge is 0.306 e. The van der Waals surface area contributed by atoms with Gasteiger partial charge < -0.3 is 5.32 Å². The highest BCUT2D eigenvalue weighted by Crippen LogP contribution is 2.15. The van der Waals surface area contributed by atoms with Crippen molar-refractivity contribution in [2.45, 2.75) is 6.42 Å². The SMILES string of the molecule is O=C(NOCCc1ccccc1)Nc1ccc([N+](=O)[O-])cc1. The zero-order valence-corrected chi connectivity index (χ0v) is 11.7. The minimum Gasteiger partial charge on any atom is -0.306 e. The Labute approximate surface area is 127 Å². The summed E-state index contributed by atoms with van der Waals surface area (Å²) in [5.41, 5.74) is 3.77. The molecule has 2 N–H and O–H groups in total. The van der Waals surface area contributed by atoms with Crippen LogP contribution in [-0.4, -0.2) is 17.6 Å². The third-order valence-electron chi connectivity index (χ3n) is 2.84. The number of benzene rings is 2. The summed E-state index contributed by atoms with van der Waals surface area (Å²) in [7, 11) is 0. The average molecular weight is 301 g/mol. The molecular weight excluding hydrogens is 286 g/mol. The van der Waals surface area contributed by atoms with Crippen LogP contribution in [0.25, 0.3) is 0 Å². The molecule has 0 heterocycles. The number of rotatable bonds is 6. The molecule has 2 aromatic carbocycles. The van der Waals surface area contributed by atoms with E-state index in [9.17, 15) is 14.9 Å². The Kier molecular flexibility index (Phi) is 5.44. The number of carbonyl (C=O) groups excluding carboxylic acids is 1. The second kappa shape index (κ2) is 7.75. The molecule has 0 saturated carbocycles. The fourth-order valence-electron chi connectivity index (χ4n) is 1.75. The van der Waals surface area contributed by atoms with Crippen molar-refractivity contribution < 1.29 is 14.6 Å². The number of hydroxylamine groups is 1. The molecule has 0 unspecified atom stereocenters. The van der Waals surface area contributed by atoms with Gasteiger partial charge in [0.15, 0.2) is 0 Å². The summed E-state index contributed by atoms with van der Waals surface area (Å²) in [4.78, 5) is 26.6. The van der Waals surface area contributed by atoms with Crippen LogP contribution < -0.4 is 10.8 Å². The molecule has 0 aromatic heterocycles. The highest BCUT2D eigenvalue weighted by atomic mass is 16.7. The molecule has 0 aliphatic carbocycles. The van der Waals surface area contributed by atoms with Gasteiger partial charge in [0.1, 0.15) is 0 Å². The molecule has 7 heteroatoms. The first kappa shape index (κ1) is 15.5. The molecule has 0 saturated heterocycles. The summed E-state index contributed by atoms with van der Waals surface area (Å²) in [6, 6.07) is 14.7. The average Bonchev–Trinajstić information content (AvgIpc) is 2.53. The van der Waals surface area contributed by atoms with Gasteiger partial charge in [-0.15, -0.1) is 0 Å². The van der Waals surface area contributed by atoms with E-state index in [1.807, 2.05) is 30.3 Å². The minimum absolute atomic E-state index is 0.0370. The van der Waals surface area contributed by atoms with E-state index in [0.717, 1.165) is 5.56 Å². The van der Waals surface area contributed by atoms with E-state index in [1.54, 1.807) is 0 Å². The van der Waals surface area contributed by atoms with Crippen LogP contribution in [0.5, 0.6) is 0 Å². The van der Waals surface area contributed by atoms with Crippen molar-refractivity contribution in [3.8, 4) is 0 Å². The second-order valence-corrected chi connectivity index (χ2v) is 4.44. The highest BCUT2D eigenvalue weighted by Gasteiger charge is 2.06. The predicted octanol–water partition coefficient (Wildman–Crippen LogP) is 2.89. The maximum atomic E-state index is 11.6. The third kappa shape index (κ3) is 4.88. The number of amides is 2. The normalized spacial score (nSPS) is 10.0. The Morgan fingerprint density at radius 2 is 1.77 bits per heavy atom. The first-order chi connectivity index (χ1) is 10.6. The van der Waals surface area contributed by atoms with E-state index >= 15 is 0 Å². The Balaban J connectivity index is 1.70. The molecule has 2 amide bonds. The van der Waals surface area contributed by atoms with Crippen LogP contribution in [-0.2, 0) is 11.3 Å². The highest BCUT2D eigenvalue weighted by molar-refractivity contribution is 5.88. The maximum absolute atomic E-state index is 11.6. The number of nitro groups is 1. The molecule has 0 fully saturated rings. The summed E-state index contributed by atoms with van der Waals surface area (Å²) in [5.74, 6) is 0. The fourth-order valence-corrected chi connectivity index (χ4v) is 1.75. The molecule has 22 heavy (non-hydrogen) atoms. The molecule has 0 bridgehead atoms. The molecular formula is C15H15N3O4. The van der Waals surface area contributed by atoms with Crippen LogP contribution in [0.3, 0.4) is 0 Å². The summed E-state index contributed by atoms with van der Waals surface area (Å²) in [5, 5.41) is 13.0. The van der Waals surface area contributed by atoms with Gasteiger partial charge in [-0.05, 0) is 24.1 Å². The molecule has 0 spiro atoms. The third-order valence-corrected chi connectivity index (χ3v) is 2.84. The van der Waals surface area contributed by atoms with E-state index in [0.29, 0.717) is 18.7 Å². The van der Waals surface area contributed by atoms with Crippen LogP contribution in [0.2, 0.25) is 0 Å². The number of anilines is 1. The summed E-state index contributed by atoms with van der Waals surface area (Å²) in [6.07, 6.45) is 0.679. The molecule has 7 nitrogen and oxygen atoms in total. The van der Waals surface area contributed by atoms with Crippen molar-refractivity contribution in [1.82, 2.24) is 5.48 Å². The van der Waals surface area contributed by atoms with Gasteiger partial charge in [-0.1, -0.05) is 30.3 Å². The van der Waals surface area contributed by atoms with Crippen molar-refractivity contribution in [2.24, 2.45) is 0 Å². The zero-order chi connectivity index (χ0) is 15.8. The van der Waals surface area contributed by atoms with Crippen LogP contribution in [0.1, 0.15) is 5.56 Å². The minimum atomic E-state index is -0.540. The molecule has 2 rings (SSSR count). The maximum Gasteiger partial charge on any atom is 0.343 e. The van der Waals surface area contributed by atoms with E-state index in [1.165, 1.54) is 24.3 Å². The molecule has 0 aliphatic heterocycles. The van der Waals surface area contributed by atoms with Gasteiger partial charge in [0.2, 0.25) is 0 Å². The van der Waals surface area contributed by atoms with Crippen molar-refractivity contribution in [2.75, 3.05) is 11.9 Å². The number of urea groups is 1. The van der Waals surface area contributed by atoms with Crippen molar-refractivity contribution in [3.05, 3.63) is 70.3 Å². The predicted molar refractivity (Wildman–Crippen MR) is 81.3 cm³/mol. The lowest BCUT2D eigenvalue weighted by Gasteiger charge is -2.07. The molecule has 0 atom stereocenters. The first-order valence-corrected chi connectivity index (χ1v) is 6.62. The molecule has 0 radical (unpaired) electrons. The van der Waals surface area contributed by atoms with Crippen LogP contribution in [0, 0.1) is 10.1 Å². The number of hydrogen-bond acceptors (Lipinski definition) is 4. The molecule has 114 valence electrons. The zero-order valence-electron chi connectivity index (χ0n) is 11.7. The number of nitrogens with zero attached hydrogens (tertiary/aromatic N) is 1. The van der Waals surface area contributed by atoms with Gasteiger partial charge in [0, 0.05) is 17.8 Å². The second-order valence-electron chi connectivity index (χ2n) is 4.44. The topological polar surface area (TPSA) is 93.5 Å². The summed E-state index contributed by atoms with van der Waals surface area (Å²) >= 11 is 0. The van der Waals surface area contributed by atoms with Crippen molar-refractivity contribution in [1.29, 1.82) is 0 Å². The molecule has 2 aromatic rings. The van der Waals surface area contributed by atoms with E-state index in [2.05, 4.69) is 10.8 Å². The lowest BCUT2D eigenvalue weighted by atomic mass is 10.2. The van der Waals surface area contributed by atoms with Gasteiger partial charge >= 0.3 is 6.03 Å². The lowest BCUT2D eigenvalue weighted by Crippen LogP contribution is -2.29. The number of hydrogen-bond donors (Lipinski definition) is 2. The van der Waals surface area contributed by atoms with E-state index < -0.39 is 11.0 Å². The van der Waals surface area contributed by atoms with Gasteiger partial charge in [0.25, 0.3) is 5.69 Å². The number of nitro benzene ring substituents is 1. The lowest BCUT2D eigenvalue weighted by molar-refractivity contribution is -0.384. The fraction of sp³-hybridized carbons (Fsp3) is 0.133. The van der Waals surface area contributed by atoms with Gasteiger partial charge in [-0.25, -0.2) is 10.3 Å². The van der Waals surface area contributed by atoms with Crippen molar-refractivity contribution in [3.63, 3.8) is 0 Å². The standard InChI is InChI=1S/C15H15N3O4/c19-15(16-13-6-8-14(9-7-13)18(20)21)17-22-11-10-12-4-2-1-3-5-12/h1-9H,10-11H2,(H2,16,17,19). The largest absolute Gasteiger partial charge is 0.343 e. The van der Waals surface area contributed by atoms with E-state index in [4.69, 9.17) is 4.84 Å². The number of non-ortho nitro benzene ring substituents is 1. The number of carbonyl (C=O) groups is 1. The Bertz CT molecular complexity index is 629. The van der Waals surface area contributed by atoms with Crippen molar-refractivity contribution >= 4 is 17.4 Å². The Morgan fingerprint density at radius 3 is 2.41 bits per heavy atom. The first-order valence-electron chi connectivity index (χ1n) is 6.62. The Morgan fingerprint density at radius 1 is 1.09 bits per heavy atom. The van der Waals surface area contributed by atoms with Crippen LogP contribution >= 0.6 is 0 Å². The summed E-state index contributed by atoms with van der Waals surface area (Å²) in [6.45, 7) is 0.345. The quantitative estimate of drug-likeness (QED) is 0.487. The van der Waals surface area contributed by atoms with E-state index in [-0.39, 0.29) is 5.69 Å². The summed E-state index contributed by atoms with van der Waals surface area (Å²) < 4.78 is 0. The van der Waals surface area contributed by atoms with Gasteiger partial charge in [0.05, 0.1) is 11.5 Å².